The van der Waals surface area contributed by atoms with E-state index in [2.05, 4.69) is 15.0 Å². The van der Waals surface area contributed by atoms with Crippen molar-refractivity contribution in [1.82, 2.24) is 5.16 Å². The number of amides is 1. The molecule has 1 aromatic carbocycles. The summed E-state index contributed by atoms with van der Waals surface area (Å²) in [4.78, 5) is 11.6. The number of aromatic nitrogens is 1. The Morgan fingerprint density at radius 2 is 2.33 bits per heavy atom. The zero-order chi connectivity index (χ0) is 10.7. The van der Waals surface area contributed by atoms with Gasteiger partial charge in [0.2, 0.25) is 0 Å². The van der Waals surface area contributed by atoms with Crippen molar-refractivity contribution in [2.45, 2.75) is 0 Å². The van der Waals surface area contributed by atoms with Crippen LogP contribution in [0.25, 0.3) is 0 Å². The molecule has 0 radical (unpaired) electrons. The highest BCUT2D eigenvalue weighted by Crippen LogP contribution is 2.10. The molecule has 0 fully saturated rings. The molecule has 0 saturated carbocycles. The molecule has 15 heavy (non-hydrogen) atoms. The van der Waals surface area contributed by atoms with Crippen LogP contribution in [0.3, 0.4) is 0 Å². The number of nitrogens with zero attached hydrogens (tertiary/aromatic N) is 1. The summed E-state index contributed by atoms with van der Waals surface area (Å²) in [6.07, 6.45) is 2.77. The van der Waals surface area contributed by atoms with Crippen LogP contribution in [0.15, 0.2) is 41.2 Å². The van der Waals surface area contributed by atoms with E-state index in [4.69, 9.17) is 5.73 Å². The van der Waals surface area contributed by atoms with Gasteiger partial charge in [-0.1, -0.05) is 11.2 Å². The summed E-state index contributed by atoms with van der Waals surface area (Å²) in [5.41, 5.74) is 7.12. The quantitative estimate of drug-likeness (QED) is 0.725. The number of nitrogen functional groups attached to an aromatic ring is 1. The number of nitrogens with one attached hydrogen (secondary N) is 1. The van der Waals surface area contributed by atoms with Crippen LogP contribution < -0.4 is 11.1 Å². The average molecular weight is 203 g/mol. The van der Waals surface area contributed by atoms with E-state index in [1.165, 1.54) is 12.5 Å². The smallest absolute Gasteiger partial charge is 0.255 e. The van der Waals surface area contributed by atoms with Crippen molar-refractivity contribution in [2.75, 3.05) is 11.1 Å². The molecule has 76 valence electrons. The second kappa shape index (κ2) is 3.83. The molecule has 0 aliphatic heterocycles. The maximum Gasteiger partial charge on any atom is 0.255 e. The minimum atomic E-state index is -0.245. The lowest BCUT2D eigenvalue weighted by Crippen LogP contribution is -2.11. The van der Waals surface area contributed by atoms with Crippen LogP contribution in [0.1, 0.15) is 10.4 Å². The van der Waals surface area contributed by atoms with Gasteiger partial charge in [-0.15, -0.1) is 0 Å². The van der Waals surface area contributed by atoms with Gasteiger partial charge >= 0.3 is 0 Å². The fourth-order valence-electron chi connectivity index (χ4n) is 1.15. The molecule has 3 N–H and O–H groups in total. The van der Waals surface area contributed by atoms with Crippen molar-refractivity contribution in [3.8, 4) is 0 Å². The second-order valence-corrected chi connectivity index (χ2v) is 2.99. The molecule has 0 unspecified atom stereocenters. The Kier molecular flexibility index (Phi) is 2.37. The van der Waals surface area contributed by atoms with E-state index < -0.39 is 0 Å². The van der Waals surface area contributed by atoms with Gasteiger partial charge in [0.1, 0.15) is 12.0 Å². The van der Waals surface area contributed by atoms with Crippen molar-refractivity contribution >= 4 is 17.3 Å². The van der Waals surface area contributed by atoms with Gasteiger partial charge in [-0.2, -0.15) is 0 Å². The molecule has 5 heteroatoms. The van der Waals surface area contributed by atoms with E-state index in [1.54, 1.807) is 24.3 Å². The third kappa shape index (κ3) is 2.14. The van der Waals surface area contributed by atoms with Gasteiger partial charge in [-0.3, -0.25) is 4.79 Å². The Hall–Kier alpha value is -2.30. The van der Waals surface area contributed by atoms with Crippen molar-refractivity contribution in [2.24, 2.45) is 0 Å². The van der Waals surface area contributed by atoms with Crippen molar-refractivity contribution in [3.05, 3.63) is 42.3 Å². The summed E-state index contributed by atoms with van der Waals surface area (Å²) < 4.78 is 4.59. The molecule has 0 saturated heterocycles. The summed E-state index contributed by atoms with van der Waals surface area (Å²) in [5.74, 6) is -0.245. The molecular weight excluding hydrogens is 194 g/mol. The van der Waals surface area contributed by atoms with Gasteiger partial charge in [-0.05, 0) is 18.2 Å². The maximum absolute atomic E-state index is 11.6. The number of carbonyl (C=O) groups excluding carboxylic acids is 1. The highest BCUT2D eigenvalue weighted by molar-refractivity contribution is 6.04. The highest BCUT2D eigenvalue weighted by atomic mass is 16.5. The predicted molar refractivity (Wildman–Crippen MR) is 55.3 cm³/mol. The number of benzene rings is 1. The third-order valence-electron chi connectivity index (χ3n) is 1.84. The SMILES string of the molecule is Nc1cccc(C(=O)Nc2cnoc2)c1. The minimum absolute atomic E-state index is 0.245. The maximum atomic E-state index is 11.6. The first-order valence-corrected chi connectivity index (χ1v) is 4.32. The summed E-state index contributed by atoms with van der Waals surface area (Å²) in [7, 11) is 0. The molecule has 0 atom stereocenters. The number of nitrogens with two attached hydrogens (primary N) is 1. The number of rotatable bonds is 2. The van der Waals surface area contributed by atoms with Gasteiger partial charge in [0.25, 0.3) is 5.91 Å². The second-order valence-electron chi connectivity index (χ2n) is 2.99. The fourth-order valence-corrected chi connectivity index (χ4v) is 1.15. The number of anilines is 2. The van der Waals surface area contributed by atoms with E-state index in [9.17, 15) is 4.79 Å². The number of hydrogen-bond donors (Lipinski definition) is 2. The topological polar surface area (TPSA) is 81.2 Å². The zero-order valence-electron chi connectivity index (χ0n) is 7.81. The summed E-state index contributed by atoms with van der Waals surface area (Å²) >= 11 is 0. The molecule has 2 aromatic rings. The van der Waals surface area contributed by atoms with Gasteiger partial charge in [0.05, 0.1) is 6.20 Å². The molecule has 5 nitrogen and oxygen atoms in total. The highest BCUT2D eigenvalue weighted by Gasteiger charge is 2.06. The van der Waals surface area contributed by atoms with Crippen LogP contribution in [0.5, 0.6) is 0 Å². The molecule has 2 rings (SSSR count). The Labute approximate surface area is 85.9 Å². The molecule has 0 spiro atoms. The first kappa shape index (κ1) is 9.26. The van der Waals surface area contributed by atoms with Crippen molar-refractivity contribution in [1.29, 1.82) is 0 Å². The van der Waals surface area contributed by atoms with Gasteiger partial charge in [0.15, 0.2) is 0 Å². The van der Waals surface area contributed by atoms with E-state index in [1.807, 2.05) is 0 Å². The lowest BCUT2D eigenvalue weighted by molar-refractivity contribution is 0.102. The summed E-state index contributed by atoms with van der Waals surface area (Å²) in [5, 5.41) is 6.09. The van der Waals surface area contributed by atoms with Gasteiger partial charge in [-0.25, -0.2) is 0 Å². The van der Waals surface area contributed by atoms with Crippen LogP contribution in [-0.4, -0.2) is 11.1 Å². The molecular formula is C10H9N3O2. The lowest BCUT2D eigenvalue weighted by Gasteiger charge is -2.02. The largest absolute Gasteiger partial charge is 0.399 e. The van der Waals surface area contributed by atoms with E-state index in [0.717, 1.165) is 0 Å². The Balaban J connectivity index is 2.15. The third-order valence-corrected chi connectivity index (χ3v) is 1.84. The van der Waals surface area contributed by atoms with Crippen molar-refractivity contribution in [3.63, 3.8) is 0 Å². The van der Waals surface area contributed by atoms with Crippen LogP contribution in [0, 0.1) is 0 Å². The monoisotopic (exact) mass is 203 g/mol. The van der Waals surface area contributed by atoms with Crippen molar-refractivity contribution < 1.29 is 9.32 Å². The fraction of sp³-hybridized carbons (Fsp3) is 0. The standard InChI is InChI=1S/C10H9N3O2/c11-8-3-1-2-7(4-8)10(14)13-9-5-12-15-6-9/h1-6H,11H2,(H,13,14). The Morgan fingerprint density at radius 1 is 1.47 bits per heavy atom. The van der Waals surface area contributed by atoms with Crippen LogP contribution in [-0.2, 0) is 0 Å². The van der Waals surface area contributed by atoms with Crippen LogP contribution in [0.2, 0.25) is 0 Å². The lowest BCUT2D eigenvalue weighted by atomic mass is 10.2. The van der Waals surface area contributed by atoms with E-state index >= 15 is 0 Å². The molecule has 1 aromatic heterocycles. The minimum Gasteiger partial charge on any atom is -0.399 e. The number of carbonyl (C=O) groups is 1. The molecule has 0 aliphatic carbocycles. The molecule has 1 amide bonds. The first-order valence-electron chi connectivity index (χ1n) is 4.32. The average Bonchev–Trinajstić information content (AvgIpc) is 2.70. The van der Waals surface area contributed by atoms with Crippen LogP contribution in [0.4, 0.5) is 11.4 Å². The molecule has 0 bridgehead atoms. The van der Waals surface area contributed by atoms with Gasteiger partial charge < -0.3 is 15.6 Å². The molecule has 0 aliphatic rings. The summed E-state index contributed by atoms with van der Waals surface area (Å²) in [6.45, 7) is 0. The predicted octanol–water partition coefficient (Wildman–Crippen LogP) is 1.51. The first-order chi connectivity index (χ1) is 7.25. The van der Waals surface area contributed by atoms with Crippen LogP contribution >= 0.6 is 0 Å². The Morgan fingerprint density at radius 3 is 3.00 bits per heavy atom. The normalized spacial score (nSPS) is 9.87. The summed E-state index contributed by atoms with van der Waals surface area (Å²) in [6, 6.07) is 6.72. The number of hydrogen-bond acceptors (Lipinski definition) is 4. The molecule has 1 heterocycles. The van der Waals surface area contributed by atoms with E-state index in [0.29, 0.717) is 16.9 Å². The zero-order valence-corrected chi connectivity index (χ0v) is 7.81. The van der Waals surface area contributed by atoms with E-state index in [-0.39, 0.29) is 5.91 Å². The Bertz CT molecular complexity index is 465. The van der Waals surface area contributed by atoms with Gasteiger partial charge in [0, 0.05) is 11.3 Å².